The fourth-order valence-electron chi connectivity index (χ4n) is 0.885. The van der Waals surface area contributed by atoms with E-state index in [1.54, 1.807) is 0 Å². The molecule has 0 N–H and O–H groups in total. The van der Waals surface area contributed by atoms with Crippen LogP contribution in [0.25, 0.3) is 0 Å². The summed E-state index contributed by atoms with van der Waals surface area (Å²) in [6, 6.07) is 12.0. The Labute approximate surface area is 153 Å². The SMILES string of the molecule is C.CC.CC.CC.CC.CC.CCCCCC.c1ccccc1. The molecule has 0 atom stereocenters. The fourth-order valence-corrected chi connectivity index (χ4v) is 0.885. The molecule has 146 valence electrons. The molecular weight excluding hydrogens is 276 g/mol. The Balaban J connectivity index is -0.0000000283. The molecule has 0 spiro atoms. The molecule has 0 heterocycles. The highest BCUT2D eigenvalue weighted by Crippen LogP contribution is 1.95. The van der Waals surface area contributed by atoms with Gasteiger partial charge in [0.25, 0.3) is 0 Å². The van der Waals surface area contributed by atoms with Gasteiger partial charge < -0.3 is 0 Å². The summed E-state index contributed by atoms with van der Waals surface area (Å²) in [5.74, 6) is 0. The summed E-state index contributed by atoms with van der Waals surface area (Å²) >= 11 is 0. The monoisotopic (exact) mass is 330 g/mol. The van der Waals surface area contributed by atoms with Crippen molar-refractivity contribution in [3.63, 3.8) is 0 Å². The molecule has 0 aromatic heterocycles. The van der Waals surface area contributed by atoms with Crippen molar-refractivity contribution < 1.29 is 0 Å². The second-order valence-corrected chi connectivity index (χ2v) is 2.86. The van der Waals surface area contributed by atoms with Gasteiger partial charge in [-0.05, 0) is 0 Å². The first-order chi connectivity index (χ1) is 10.9. The summed E-state index contributed by atoms with van der Waals surface area (Å²) in [6.45, 7) is 24.5. The maximum Gasteiger partial charge on any atom is -0.0536 e. The normalized spacial score (nSPS) is 5.74. The Hall–Kier alpha value is -0.780. The summed E-state index contributed by atoms with van der Waals surface area (Å²) in [5.41, 5.74) is 0. The van der Waals surface area contributed by atoms with Gasteiger partial charge in [0.2, 0.25) is 0 Å². The Bertz CT molecular complexity index is 113. The molecule has 0 aliphatic carbocycles. The molecule has 0 fully saturated rings. The van der Waals surface area contributed by atoms with Crippen LogP contribution in [0.4, 0.5) is 0 Å². The first kappa shape index (κ1) is 43.2. The predicted molar refractivity (Wildman–Crippen MR) is 120 cm³/mol. The zero-order chi connectivity index (χ0) is 19.1. The molecule has 0 bridgehead atoms. The van der Waals surface area contributed by atoms with Gasteiger partial charge in [-0.3, -0.25) is 0 Å². The zero-order valence-corrected chi connectivity index (χ0v) is 18.3. The molecule has 0 saturated heterocycles. The van der Waals surface area contributed by atoms with Crippen LogP contribution >= 0.6 is 0 Å². The van der Waals surface area contributed by atoms with Gasteiger partial charge in [-0.2, -0.15) is 0 Å². The van der Waals surface area contributed by atoms with Gasteiger partial charge >= 0.3 is 0 Å². The molecule has 0 aliphatic heterocycles. The highest BCUT2D eigenvalue weighted by molar-refractivity contribution is 4.99. The minimum absolute atomic E-state index is 0. The minimum Gasteiger partial charge on any atom is -0.0776 e. The summed E-state index contributed by atoms with van der Waals surface area (Å²) in [4.78, 5) is 0. The topological polar surface area (TPSA) is 0 Å². The highest BCUT2D eigenvalue weighted by atomic mass is 13.8. The lowest BCUT2D eigenvalue weighted by atomic mass is 10.2. The lowest BCUT2D eigenvalue weighted by Gasteiger charge is -1.86. The smallest absolute Gasteiger partial charge is 0.0536 e. The maximum absolute atomic E-state index is 2.23. The molecule has 0 aliphatic rings. The third-order valence-electron chi connectivity index (χ3n) is 1.62. The van der Waals surface area contributed by atoms with Crippen molar-refractivity contribution in [2.24, 2.45) is 0 Å². The van der Waals surface area contributed by atoms with Crippen LogP contribution in [0.2, 0.25) is 0 Å². The van der Waals surface area contributed by atoms with Crippen molar-refractivity contribution >= 4 is 0 Å². The molecule has 0 radical (unpaired) electrons. The van der Waals surface area contributed by atoms with Gasteiger partial charge in [-0.1, -0.05) is 153 Å². The molecule has 1 rings (SSSR count). The van der Waals surface area contributed by atoms with Crippen molar-refractivity contribution in [1.82, 2.24) is 0 Å². The van der Waals surface area contributed by atoms with Crippen molar-refractivity contribution in [2.75, 3.05) is 0 Å². The number of unbranched alkanes of at least 4 members (excludes halogenated alkanes) is 3. The summed E-state index contributed by atoms with van der Waals surface area (Å²) in [5, 5.41) is 0. The lowest BCUT2D eigenvalue weighted by Crippen LogP contribution is -1.66. The number of benzene rings is 1. The van der Waals surface area contributed by atoms with Crippen LogP contribution in [-0.4, -0.2) is 0 Å². The standard InChI is InChI=1S/C6H6.C6H14.5C2H6.CH4/c1-2-4-6-5-3-1;1-3-5-6-4-2;5*1-2;/h1-6H;3-6H2,1-2H3;5*1-2H3;1H4. The van der Waals surface area contributed by atoms with Crippen LogP contribution in [0, 0.1) is 0 Å². The zero-order valence-electron chi connectivity index (χ0n) is 18.3. The lowest BCUT2D eigenvalue weighted by molar-refractivity contribution is 0.702. The predicted octanol–water partition coefficient (Wildman–Crippen LogP) is 10.0. The third kappa shape index (κ3) is 116. The van der Waals surface area contributed by atoms with Crippen molar-refractivity contribution in [1.29, 1.82) is 0 Å². The molecule has 0 unspecified atom stereocenters. The van der Waals surface area contributed by atoms with Crippen LogP contribution in [-0.2, 0) is 0 Å². The second-order valence-electron chi connectivity index (χ2n) is 2.86. The van der Waals surface area contributed by atoms with Crippen LogP contribution in [0.15, 0.2) is 36.4 Å². The van der Waals surface area contributed by atoms with Gasteiger partial charge in [-0.15, -0.1) is 0 Å². The van der Waals surface area contributed by atoms with E-state index in [4.69, 9.17) is 0 Å². The largest absolute Gasteiger partial charge is 0.0776 e. The van der Waals surface area contributed by atoms with E-state index >= 15 is 0 Å². The second kappa shape index (κ2) is 102. The molecule has 0 nitrogen and oxygen atoms in total. The molecule has 0 saturated carbocycles. The van der Waals surface area contributed by atoms with Crippen molar-refractivity contribution in [2.45, 2.75) is 116 Å². The van der Waals surface area contributed by atoms with E-state index < -0.39 is 0 Å². The van der Waals surface area contributed by atoms with E-state index in [2.05, 4.69) is 13.8 Å². The van der Waals surface area contributed by atoms with Crippen LogP contribution in [0.1, 0.15) is 116 Å². The average molecular weight is 331 g/mol. The van der Waals surface area contributed by atoms with Crippen LogP contribution in [0.3, 0.4) is 0 Å². The summed E-state index contributed by atoms with van der Waals surface area (Å²) in [7, 11) is 0. The summed E-state index contributed by atoms with van der Waals surface area (Å²) < 4.78 is 0. The highest BCUT2D eigenvalue weighted by Gasteiger charge is 1.75. The van der Waals surface area contributed by atoms with E-state index in [9.17, 15) is 0 Å². The van der Waals surface area contributed by atoms with Crippen molar-refractivity contribution in [3.8, 4) is 0 Å². The summed E-state index contributed by atoms with van der Waals surface area (Å²) in [6.07, 6.45) is 5.54. The van der Waals surface area contributed by atoms with Gasteiger partial charge in [-0.25, -0.2) is 0 Å². The van der Waals surface area contributed by atoms with Gasteiger partial charge in [0.1, 0.15) is 0 Å². The van der Waals surface area contributed by atoms with Gasteiger partial charge in [0.15, 0.2) is 0 Å². The van der Waals surface area contributed by atoms with Crippen molar-refractivity contribution in [3.05, 3.63) is 36.4 Å². The Morgan fingerprint density at radius 3 is 0.609 bits per heavy atom. The third-order valence-corrected chi connectivity index (χ3v) is 1.62. The van der Waals surface area contributed by atoms with E-state index in [1.807, 2.05) is 106 Å². The van der Waals surface area contributed by atoms with E-state index in [1.165, 1.54) is 25.7 Å². The number of hydrogen-bond acceptors (Lipinski definition) is 0. The fraction of sp³-hybridized carbons (Fsp3) is 0.739. The number of rotatable bonds is 3. The maximum atomic E-state index is 2.23. The molecule has 0 heteroatoms. The quantitative estimate of drug-likeness (QED) is 0.483. The molecule has 1 aromatic rings. The Morgan fingerprint density at radius 2 is 0.522 bits per heavy atom. The Morgan fingerprint density at radius 1 is 0.391 bits per heavy atom. The first-order valence-electron chi connectivity index (χ1n) is 9.91. The van der Waals surface area contributed by atoms with Gasteiger partial charge in [0.05, 0.1) is 0 Å². The van der Waals surface area contributed by atoms with E-state index in [0.29, 0.717) is 0 Å². The van der Waals surface area contributed by atoms with Gasteiger partial charge in [0, 0.05) is 0 Å². The average Bonchev–Trinajstić information content (AvgIpc) is 2.70. The Kier molecular flexibility index (Phi) is 192. The molecular formula is C23H54. The minimum atomic E-state index is 0. The van der Waals surface area contributed by atoms with Crippen LogP contribution in [0.5, 0.6) is 0 Å². The first-order valence-corrected chi connectivity index (χ1v) is 9.91. The van der Waals surface area contributed by atoms with E-state index in [-0.39, 0.29) is 7.43 Å². The number of hydrogen-bond donors (Lipinski definition) is 0. The molecule has 0 amide bonds. The molecule has 23 heavy (non-hydrogen) atoms. The van der Waals surface area contributed by atoms with Crippen LogP contribution < -0.4 is 0 Å². The van der Waals surface area contributed by atoms with E-state index in [0.717, 1.165) is 0 Å². The molecule has 1 aromatic carbocycles.